The third kappa shape index (κ3) is 3.21. The summed E-state index contributed by atoms with van der Waals surface area (Å²) in [6.07, 6.45) is 7.59. The second kappa shape index (κ2) is 7.40. The molecule has 5 rings (SSSR count). The predicted molar refractivity (Wildman–Crippen MR) is 114 cm³/mol. The Morgan fingerprint density at radius 2 is 2.10 bits per heavy atom. The van der Waals surface area contributed by atoms with Crippen molar-refractivity contribution < 1.29 is 4.79 Å². The number of hydrogen-bond acceptors (Lipinski definition) is 4. The maximum absolute atomic E-state index is 13.4. The van der Waals surface area contributed by atoms with Crippen molar-refractivity contribution in [2.24, 2.45) is 0 Å². The molecule has 0 saturated carbocycles. The number of amides is 1. The first kappa shape index (κ1) is 18.0. The largest absolute Gasteiger partial charge is 0.340 e. The van der Waals surface area contributed by atoms with Gasteiger partial charge in [0.25, 0.3) is 5.91 Å². The average Bonchev–Trinajstić information content (AvgIpc) is 3.51. The van der Waals surface area contributed by atoms with Gasteiger partial charge < -0.3 is 9.88 Å². The van der Waals surface area contributed by atoms with Gasteiger partial charge in [0.05, 0.1) is 17.1 Å². The molecule has 4 aromatic rings. The molecule has 1 aliphatic heterocycles. The number of aromatic nitrogens is 4. The molecule has 2 aromatic heterocycles. The molecule has 7 heteroatoms. The topological polar surface area (TPSA) is 66.8 Å². The number of thioether (sulfide) groups is 1. The van der Waals surface area contributed by atoms with E-state index in [4.69, 9.17) is 4.98 Å². The second-order valence-electron chi connectivity index (χ2n) is 7.13. The van der Waals surface area contributed by atoms with Gasteiger partial charge in [0.1, 0.15) is 5.82 Å². The number of fused-ring (bicyclic) bond motifs is 1. The van der Waals surface area contributed by atoms with E-state index >= 15 is 0 Å². The van der Waals surface area contributed by atoms with Crippen molar-refractivity contribution in [2.75, 3.05) is 12.8 Å². The summed E-state index contributed by atoms with van der Waals surface area (Å²) in [7, 11) is 0. The summed E-state index contributed by atoms with van der Waals surface area (Å²) < 4.78 is 2.00. The van der Waals surface area contributed by atoms with E-state index < -0.39 is 0 Å². The molecule has 0 radical (unpaired) electrons. The summed E-state index contributed by atoms with van der Waals surface area (Å²) in [5.41, 5.74) is 3.57. The van der Waals surface area contributed by atoms with Crippen molar-refractivity contribution in [3.05, 3.63) is 72.3 Å². The lowest BCUT2D eigenvalue weighted by Gasteiger charge is -2.23. The lowest BCUT2D eigenvalue weighted by atomic mass is 10.1. The smallest absolute Gasteiger partial charge is 0.254 e. The van der Waals surface area contributed by atoms with E-state index in [-0.39, 0.29) is 11.9 Å². The van der Waals surface area contributed by atoms with Gasteiger partial charge in [-0.25, -0.2) is 9.97 Å². The Balaban J connectivity index is 1.46. The van der Waals surface area contributed by atoms with E-state index in [0.29, 0.717) is 5.56 Å². The van der Waals surface area contributed by atoms with Crippen LogP contribution in [-0.2, 0) is 0 Å². The number of likely N-dealkylation sites (tertiary alicyclic amines) is 1. The fourth-order valence-electron chi connectivity index (χ4n) is 4.02. The maximum Gasteiger partial charge on any atom is 0.254 e. The molecule has 0 aliphatic carbocycles. The van der Waals surface area contributed by atoms with Crippen molar-refractivity contribution >= 4 is 28.7 Å². The van der Waals surface area contributed by atoms with Gasteiger partial charge in [-0.3, -0.25) is 9.36 Å². The van der Waals surface area contributed by atoms with E-state index in [9.17, 15) is 4.79 Å². The van der Waals surface area contributed by atoms with Gasteiger partial charge in [0.15, 0.2) is 5.16 Å². The molecule has 0 bridgehead atoms. The summed E-state index contributed by atoms with van der Waals surface area (Å²) in [5, 5.41) is 0.899. The Kier molecular flexibility index (Phi) is 4.60. The minimum absolute atomic E-state index is 0.0199. The zero-order chi connectivity index (χ0) is 19.8. The molecule has 2 aromatic carbocycles. The molecular formula is C22H21N5OS. The highest BCUT2D eigenvalue weighted by Gasteiger charge is 2.32. The molecule has 1 atom stereocenters. The number of carbonyl (C=O) groups excluding carboxylic acids is 1. The van der Waals surface area contributed by atoms with E-state index in [2.05, 4.69) is 9.97 Å². The van der Waals surface area contributed by atoms with Crippen LogP contribution in [0.25, 0.3) is 16.7 Å². The molecule has 1 N–H and O–H groups in total. The molecular weight excluding hydrogens is 382 g/mol. The van der Waals surface area contributed by atoms with Crippen LogP contribution in [0.15, 0.2) is 66.1 Å². The van der Waals surface area contributed by atoms with Crippen molar-refractivity contribution in [3.8, 4) is 5.69 Å². The van der Waals surface area contributed by atoms with Gasteiger partial charge >= 0.3 is 0 Å². The molecule has 3 heterocycles. The van der Waals surface area contributed by atoms with E-state index in [0.717, 1.165) is 47.1 Å². The van der Waals surface area contributed by atoms with Crippen LogP contribution in [0.2, 0.25) is 0 Å². The highest BCUT2D eigenvalue weighted by Crippen LogP contribution is 2.33. The standard InChI is InChI=1S/C22H21N5OS/c1-29-22-23-11-13-26(22)16-7-4-6-15(14-16)21(28)27-12-5-10-19(27)20-24-17-8-2-3-9-18(17)25-20/h2-4,6-9,11,13-14,19H,5,10,12H2,1H3,(H,24,25). The first-order valence-corrected chi connectivity index (χ1v) is 10.9. The number of imidazole rings is 2. The van der Waals surface area contributed by atoms with Gasteiger partial charge in [0, 0.05) is 30.2 Å². The monoisotopic (exact) mass is 403 g/mol. The second-order valence-corrected chi connectivity index (χ2v) is 7.90. The van der Waals surface area contributed by atoms with Gasteiger partial charge in [-0.2, -0.15) is 0 Å². The lowest BCUT2D eigenvalue weighted by Crippen LogP contribution is -2.31. The van der Waals surface area contributed by atoms with Gasteiger partial charge in [-0.1, -0.05) is 30.0 Å². The van der Waals surface area contributed by atoms with Crippen molar-refractivity contribution in [3.63, 3.8) is 0 Å². The summed E-state index contributed by atoms with van der Waals surface area (Å²) in [4.78, 5) is 27.8. The van der Waals surface area contributed by atoms with Crippen molar-refractivity contribution in [1.82, 2.24) is 24.4 Å². The zero-order valence-electron chi connectivity index (χ0n) is 16.1. The SMILES string of the molecule is CSc1nccn1-c1cccc(C(=O)N2CCCC2c2nc3ccccc3[nH]2)c1. The number of para-hydroxylation sites is 2. The molecule has 0 spiro atoms. The quantitative estimate of drug-likeness (QED) is 0.511. The molecule has 29 heavy (non-hydrogen) atoms. The maximum atomic E-state index is 13.4. The third-order valence-electron chi connectivity index (χ3n) is 5.40. The van der Waals surface area contributed by atoms with Crippen molar-refractivity contribution in [2.45, 2.75) is 24.0 Å². The highest BCUT2D eigenvalue weighted by atomic mass is 32.2. The molecule has 146 valence electrons. The number of H-pyrrole nitrogens is 1. The van der Waals surface area contributed by atoms with Crippen LogP contribution < -0.4 is 0 Å². The number of nitrogens with one attached hydrogen (secondary N) is 1. The number of carbonyl (C=O) groups is 1. The summed E-state index contributed by atoms with van der Waals surface area (Å²) in [6, 6.07) is 15.7. The van der Waals surface area contributed by atoms with E-state index in [1.807, 2.05) is 70.5 Å². The van der Waals surface area contributed by atoms with E-state index in [1.54, 1.807) is 18.0 Å². The molecule has 1 fully saturated rings. The van der Waals surface area contributed by atoms with Crippen LogP contribution in [0.1, 0.15) is 35.1 Å². The fraction of sp³-hybridized carbons (Fsp3) is 0.227. The Bertz CT molecular complexity index is 1150. The lowest BCUT2D eigenvalue weighted by molar-refractivity contribution is 0.0730. The Morgan fingerprint density at radius 3 is 2.97 bits per heavy atom. The number of nitrogens with zero attached hydrogens (tertiary/aromatic N) is 4. The van der Waals surface area contributed by atoms with Crippen LogP contribution in [0.5, 0.6) is 0 Å². The molecule has 1 unspecified atom stereocenters. The van der Waals surface area contributed by atoms with Crippen LogP contribution in [0, 0.1) is 0 Å². The first-order chi connectivity index (χ1) is 14.2. The van der Waals surface area contributed by atoms with Crippen LogP contribution in [0.3, 0.4) is 0 Å². The zero-order valence-corrected chi connectivity index (χ0v) is 16.9. The first-order valence-electron chi connectivity index (χ1n) is 9.68. The number of hydrogen-bond donors (Lipinski definition) is 1. The van der Waals surface area contributed by atoms with Gasteiger partial charge in [-0.05, 0) is 49.4 Å². The number of benzene rings is 2. The molecule has 1 saturated heterocycles. The predicted octanol–water partition coefficient (Wildman–Crippen LogP) is 4.45. The fourth-order valence-corrected chi connectivity index (χ4v) is 4.55. The van der Waals surface area contributed by atoms with E-state index in [1.165, 1.54) is 0 Å². The minimum Gasteiger partial charge on any atom is -0.340 e. The van der Waals surface area contributed by atoms with Crippen molar-refractivity contribution in [1.29, 1.82) is 0 Å². The van der Waals surface area contributed by atoms with Crippen LogP contribution in [0.4, 0.5) is 0 Å². The number of rotatable bonds is 4. The molecule has 1 aliphatic rings. The highest BCUT2D eigenvalue weighted by molar-refractivity contribution is 7.98. The normalized spacial score (nSPS) is 16.6. The van der Waals surface area contributed by atoms with Crippen LogP contribution >= 0.6 is 11.8 Å². The van der Waals surface area contributed by atoms with Crippen LogP contribution in [-0.4, -0.2) is 43.1 Å². The molecule has 6 nitrogen and oxygen atoms in total. The third-order valence-corrected chi connectivity index (χ3v) is 6.06. The summed E-state index contributed by atoms with van der Waals surface area (Å²) in [5.74, 6) is 0.910. The number of aromatic amines is 1. The Labute approximate surface area is 173 Å². The summed E-state index contributed by atoms with van der Waals surface area (Å²) in [6.45, 7) is 0.742. The summed E-state index contributed by atoms with van der Waals surface area (Å²) >= 11 is 1.58. The minimum atomic E-state index is -0.0199. The average molecular weight is 404 g/mol. The molecule has 1 amide bonds. The Morgan fingerprint density at radius 1 is 1.21 bits per heavy atom. The Hall–Kier alpha value is -3.06. The van der Waals surface area contributed by atoms with Gasteiger partial charge in [0.2, 0.25) is 0 Å². The van der Waals surface area contributed by atoms with Gasteiger partial charge in [-0.15, -0.1) is 0 Å².